The first kappa shape index (κ1) is 15.6. The molecule has 0 aliphatic carbocycles. The molecule has 0 saturated carbocycles. The minimum absolute atomic E-state index is 0.0798. The van der Waals surface area contributed by atoms with Gasteiger partial charge in [0.05, 0.1) is 0 Å². The number of nitrogens with one attached hydrogen (secondary N) is 1. The average molecular weight is 284 g/mol. The second kappa shape index (κ2) is 7.01. The Labute approximate surface area is 103 Å². The van der Waals surface area contributed by atoms with Crippen molar-refractivity contribution >= 4 is 47.4 Å². The number of aliphatic carboxylic acids is 1. The summed E-state index contributed by atoms with van der Waals surface area (Å²) in [5.41, 5.74) is 2.16. The maximum absolute atomic E-state index is 11.0. The molecule has 0 radical (unpaired) electrons. The van der Waals surface area contributed by atoms with Crippen molar-refractivity contribution in [3.8, 4) is 0 Å². The quantitative estimate of drug-likeness (QED) is 0.299. The van der Waals surface area contributed by atoms with Gasteiger partial charge in [-0.25, -0.2) is 4.79 Å². The zero-order chi connectivity index (χ0) is 12.8. The van der Waals surface area contributed by atoms with E-state index >= 15 is 0 Å². The van der Waals surface area contributed by atoms with Gasteiger partial charge in [0, 0.05) is 19.2 Å². The van der Waals surface area contributed by atoms with Crippen LogP contribution >= 0.6 is 31.3 Å². The summed E-state index contributed by atoms with van der Waals surface area (Å²) in [7, 11) is -3.22. The molecule has 0 aromatic heterocycles. The van der Waals surface area contributed by atoms with Crippen LogP contribution in [0.25, 0.3) is 0 Å². The molecule has 0 aromatic rings. The highest BCUT2D eigenvalue weighted by Crippen LogP contribution is 2.35. The third-order valence-corrected chi connectivity index (χ3v) is 3.58. The number of carboxylic acids is 1. The molecule has 0 bridgehead atoms. The summed E-state index contributed by atoms with van der Waals surface area (Å²) in [4.78, 5) is 19.8. The Balaban J connectivity index is 4.45. The number of hydrazone groups is 1. The van der Waals surface area contributed by atoms with Gasteiger partial charge in [-0.1, -0.05) is 24.0 Å². The first-order chi connectivity index (χ1) is 7.26. The second-order valence-electron chi connectivity index (χ2n) is 2.99. The Morgan fingerprint density at radius 3 is 2.56 bits per heavy atom. The molecular formula is C7H13N2O4PS2. The number of thioether (sulfide) groups is 1. The number of nitrogens with zero attached hydrogens (tertiary/aromatic N) is 1. The number of thiocarbonyl (C=S) groups is 1. The first-order valence-electron chi connectivity index (χ1n) is 4.19. The van der Waals surface area contributed by atoms with Crippen molar-refractivity contribution in [3.63, 3.8) is 0 Å². The summed E-state index contributed by atoms with van der Waals surface area (Å²) >= 11 is 5.98. The van der Waals surface area contributed by atoms with E-state index in [1.165, 1.54) is 18.4 Å². The van der Waals surface area contributed by atoms with Crippen LogP contribution in [0.5, 0.6) is 0 Å². The van der Waals surface area contributed by atoms with E-state index in [9.17, 15) is 9.36 Å². The Bertz CT molecular complexity index is 352. The van der Waals surface area contributed by atoms with Gasteiger partial charge in [-0.05, 0) is 6.26 Å². The van der Waals surface area contributed by atoms with E-state index in [0.717, 1.165) is 0 Å². The summed E-state index contributed by atoms with van der Waals surface area (Å²) in [5.74, 6) is -1.23. The van der Waals surface area contributed by atoms with Gasteiger partial charge >= 0.3 is 5.97 Å². The third-order valence-electron chi connectivity index (χ3n) is 1.48. The van der Waals surface area contributed by atoms with Gasteiger partial charge in [0.25, 0.3) is 0 Å². The molecule has 0 fully saturated rings. The van der Waals surface area contributed by atoms with E-state index in [1.807, 2.05) is 0 Å². The van der Waals surface area contributed by atoms with Crippen molar-refractivity contribution in [1.29, 1.82) is 0 Å². The Morgan fingerprint density at radius 1 is 1.62 bits per heavy atom. The van der Waals surface area contributed by atoms with Gasteiger partial charge in [0.15, 0.2) is 11.7 Å². The van der Waals surface area contributed by atoms with Crippen molar-refractivity contribution in [2.45, 2.75) is 6.42 Å². The highest BCUT2D eigenvalue weighted by molar-refractivity contribution is 8.22. The van der Waals surface area contributed by atoms with E-state index < -0.39 is 13.3 Å². The number of hydrogen-bond donors (Lipinski definition) is 3. The molecule has 0 aromatic carbocycles. The lowest BCUT2D eigenvalue weighted by Gasteiger charge is -2.05. The molecule has 6 nitrogen and oxygen atoms in total. The maximum atomic E-state index is 11.0. The monoisotopic (exact) mass is 284 g/mol. The molecule has 0 heterocycles. The van der Waals surface area contributed by atoms with Gasteiger partial charge in [0.2, 0.25) is 0 Å². The Morgan fingerprint density at radius 2 is 2.19 bits per heavy atom. The van der Waals surface area contributed by atoms with Crippen molar-refractivity contribution < 1.29 is 19.4 Å². The summed E-state index contributed by atoms with van der Waals surface area (Å²) in [6.07, 6.45) is 1.52. The summed E-state index contributed by atoms with van der Waals surface area (Å²) in [6.45, 7) is 1.17. The normalized spacial score (nSPS) is 15.3. The van der Waals surface area contributed by atoms with Crippen LogP contribution in [0.1, 0.15) is 6.42 Å². The van der Waals surface area contributed by atoms with Crippen LogP contribution in [0.2, 0.25) is 0 Å². The summed E-state index contributed by atoms with van der Waals surface area (Å²) < 4.78 is 11.3. The zero-order valence-electron chi connectivity index (χ0n) is 8.84. The summed E-state index contributed by atoms with van der Waals surface area (Å²) in [6, 6.07) is 0. The van der Waals surface area contributed by atoms with Crippen molar-refractivity contribution in [2.24, 2.45) is 5.10 Å². The Hall–Kier alpha value is -0.430. The van der Waals surface area contributed by atoms with Crippen LogP contribution in [0, 0.1) is 0 Å². The SMILES string of the molecule is CSC(=S)N/N=C(/CCP(C)(=O)O)C(=O)O. The largest absolute Gasteiger partial charge is 0.477 e. The highest BCUT2D eigenvalue weighted by atomic mass is 32.2. The highest BCUT2D eigenvalue weighted by Gasteiger charge is 2.16. The fourth-order valence-corrected chi connectivity index (χ4v) is 1.49. The van der Waals surface area contributed by atoms with Crippen LogP contribution in [-0.4, -0.2) is 45.1 Å². The van der Waals surface area contributed by atoms with Crippen LogP contribution in [0.3, 0.4) is 0 Å². The number of rotatable bonds is 5. The fraction of sp³-hybridized carbons (Fsp3) is 0.571. The molecule has 1 unspecified atom stereocenters. The van der Waals surface area contributed by atoms with Gasteiger partial charge < -0.3 is 10.00 Å². The molecule has 0 aliphatic heterocycles. The van der Waals surface area contributed by atoms with E-state index in [1.54, 1.807) is 6.26 Å². The lowest BCUT2D eigenvalue weighted by molar-refractivity contribution is -0.129. The first-order valence-corrected chi connectivity index (χ1v) is 8.12. The molecule has 0 aliphatic rings. The molecule has 16 heavy (non-hydrogen) atoms. The minimum atomic E-state index is -3.22. The summed E-state index contributed by atoms with van der Waals surface area (Å²) in [5, 5.41) is 12.3. The molecule has 0 saturated heterocycles. The fourth-order valence-electron chi connectivity index (χ4n) is 0.683. The van der Waals surface area contributed by atoms with Gasteiger partial charge in [0.1, 0.15) is 5.71 Å². The van der Waals surface area contributed by atoms with Crippen LogP contribution in [0.15, 0.2) is 5.10 Å². The predicted octanol–water partition coefficient (Wildman–Crippen LogP) is 0.955. The van der Waals surface area contributed by atoms with Gasteiger partial charge in [-0.3, -0.25) is 9.99 Å². The smallest absolute Gasteiger partial charge is 0.352 e. The number of carboxylic acid groups (broad SMARTS) is 1. The number of carbonyl (C=O) groups is 1. The molecule has 9 heteroatoms. The molecule has 1 atom stereocenters. The topological polar surface area (TPSA) is 99.0 Å². The lowest BCUT2D eigenvalue weighted by Crippen LogP contribution is -2.21. The van der Waals surface area contributed by atoms with E-state index in [-0.39, 0.29) is 18.3 Å². The van der Waals surface area contributed by atoms with E-state index in [2.05, 4.69) is 10.5 Å². The Kier molecular flexibility index (Phi) is 6.82. The minimum Gasteiger partial charge on any atom is -0.477 e. The second-order valence-corrected chi connectivity index (χ2v) is 7.02. The lowest BCUT2D eigenvalue weighted by atomic mass is 10.3. The molecule has 0 amide bonds. The van der Waals surface area contributed by atoms with Gasteiger partial charge in [-0.2, -0.15) is 5.10 Å². The molecule has 0 spiro atoms. The predicted molar refractivity (Wildman–Crippen MR) is 69.6 cm³/mol. The van der Waals surface area contributed by atoms with Crippen LogP contribution in [0.4, 0.5) is 0 Å². The standard InChI is InChI=1S/C7H13N2O4PS2/c1-14(12,13)4-3-5(6(10)11)8-9-7(15)16-2/h3-4H2,1-2H3,(H,9,15)(H,10,11)(H,12,13)/b8-5-. The van der Waals surface area contributed by atoms with Crippen molar-refractivity contribution in [1.82, 2.24) is 5.43 Å². The van der Waals surface area contributed by atoms with Crippen LogP contribution in [-0.2, 0) is 9.36 Å². The van der Waals surface area contributed by atoms with Crippen LogP contribution < -0.4 is 5.43 Å². The van der Waals surface area contributed by atoms with Crippen molar-refractivity contribution in [3.05, 3.63) is 0 Å². The molecule has 0 rings (SSSR count). The molecule has 3 N–H and O–H groups in total. The van der Waals surface area contributed by atoms with Gasteiger partial charge in [-0.15, -0.1) is 0 Å². The third kappa shape index (κ3) is 7.81. The molecule has 92 valence electrons. The average Bonchev–Trinajstić information content (AvgIpc) is 2.14. The van der Waals surface area contributed by atoms with Crippen molar-refractivity contribution in [2.75, 3.05) is 19.1 Å². The van der Waals surface area contributed by atoms with E-state index in [4.69, 9.17) is 22.2 Å². The maximum Gasteiger partial charge on any atom is 0.352 e. The zero-order valence-corrected chi connectivity index (χ0v) is 11.4. The number of hydrogen-bond acceptors (Lipinski definition) is 5. The van der Waals surface area contributed by atoms with E-state index in [0.29, 0.717) is 4.32 Å². The molecular weight excluding hydrogens is 271 g/mol.